The zero-order valence-corrected chi connectivity index (χ0v) is 12.6. The fourth-order valence-corrected chi connectivity index (χ4v) is 2.43. The van der Waals surface area contributed by atoms with Gasteiger partial charge in [-0.1, -0.05) is 25.9 Å². The first kappa shape index (κ1) is 13.6. The summed E-state index contributed by atoms with van der Waals surface area (Å²) < 4.78 is 6.76. The van der Waals surface area contributed by atoms with E-state index in [9.17, 15) is 4.79 Å². The van der Waals surface area contributed by atoms with Crippen molar-refractivity contribution in [3.8, 4) is 11.4 Å². The van der Waals surface area contributed by atoms with Gasteiger partial charge in [-0.3, -0.25) is 9.89 Å². The number of rotatable bonds is 3. The number of H-pyrrole nitrogens is 1. The molecule has 0 saturated carbocycles. The molecule has 3 aromatic rings. The lowest BCUT2D eigenvalue weighted by molar-refractivity contribution is 0.373. The Morgan fingerprint density at radius 3 is 2.71 bits per heavy atom. The van der Waals surface area contributed by atoms with Crippen LogP contribution in [0.2, 0.25) is 0 Å². The number of nitrogens with one attached hydrogen (secondary N) is 1. The lowest BCUT2D eigenvalue weighted by atomic mass is 10.1. The third-order valence-electron chi connectivity index (χ3n) is 3.63. The SMILES string of the molecule is CCc1c(C)[nH]n2c(=O)cc(-c3cc(C(C)C)on3)nc12. The highest BCUT2D eigenvalue weighted by Gasteiger charge is 2.15. The van der Waals surface area contributed by atoms with Gasteiger partial charge in [0.25, 0.3) is 5.56 Å². The smallest absolute Gasteiger partial charge is 0.273 e. The van der Waals surface area contributed by atoms with Crippen LogP contribution in [0.3, 0.4) is 0 Å². The van der Waals surface area contributed by atoms with E-state index in [2.05, 4.69) is 15.2 Å². The predicted molar refractivity (Wildman–Crippen MR) is 79.5 cm³/mol. The van der Waals surface area contributed by atoms with Crippen LogP contribution < -0.4 is 5.56 Å². The Morgan fingerprint density at radius 1 is 1.33 bits per heavy atom. The van der Waals surface area contributed by atoms with Crippen molar-refractivity contribution in [3.63, 3.8) is 0 Å². The van der Waals surface area contributed by atoms with Crippen molar-refractivity contribution < 1.29 is 4.52 Å². The summed E-state index contributed by atoms with van der Waals surface area (Å²) in [6, 6.07) is 3.32. The third-order valence-corrected chi connectivity index (χ3v) is 3.63. The topological polar surface area (TPSA) is 76.2 Å². The van der Waals surface area contributed by atoms with Crippen LogP contribution >= 0.6 is 0 Å². The Morgan fingerprint density at radius 2 is 2.10 bits per heavy atom. The van der Waals surface area contributed by atoms with E-state index >= 15 is 0 Å². The molecule has 6 nitrogen and oxygen atoms in total. The summed E-state index contributed by atoms with van der Waals surface area (Å²) in [4.78, 5) is 16.8. The second-order valence-electron chi connectivity index (χ2n) is 5.48. The molecule has 0 aliphatic carbocycles. The van der Waals surface area contributed by atoms with Crippen molar-refractivity contribution in [3.05, 3.63) is 39.5 Å². The monoisotopic (exact) mass is 286 g/mol. The van der Waals surface area contributed by atoms with Crippen LogP contribution in [0.1, 0.15) is 43.7 Å². The Balaban J connectivity index is 2.21. The van der Waals surface area contributed by atoms with Gasteiger partial charge in [0.1, 0.15) is 17.1 Å². The van der Waals surface area contributed by atoms with Gasteiger partial charge < -0.3 is 4.52 Å². The molecule has 3 rings (SSSR count). The van der Waals surface area contributed by atoms with E-state index in [-0.39, 0.29) is 11.5 Å². The fourth-order valence-electron chi connectivity index (χ4n) is 2.43. The number of hydrogen-bond acceptors (Lipinski definition) is 4. The number of aromatic amines is 1. The van der Waals surface area contributed by atoms with E-state index in [1.165, 1.54) is 10.6 Å². The molecule has 110 valence electrons. The van der Waals surface area contributed by atoms with Gasteiger partial charge in [0.15, 0.2) is 5.65 Å². The molecule has 6 heteroatoms. The molecule has 0 fully saturated rings. The molecule has 0 atom stereocenters. The fraction of sp³-hybridized carbons (Fsp3) is 0.400. The van der Waals surface area contributed by atoms with Gasteiger partial charge in [-0.15, -0.1) is 0 Å². The molecule has 0 spiro atoms. The molecule has 3 aromatic heterocycles. The molecule has 0 saturated heterocycles. The minimum atomic E-state index is -0.146. The van der Waals surface area contributed by atoms with Gasteiger partial charge in [0.2, 0.25) is 0 Å². The quantitative estimate of drug-likeness (QED) is 0.803. The third kappa shape index (κ3) is 2.16. The summed E-state index contributed by atoms with van der Waals surface area (Å²) in [5.74, 6) is 1.03. The molecule has 3 heterocycles. The maximum atomic E-state index is 12.2. The van der Waals surface area contributed by atoms with E-state index in [1.54, 1.807) is 0 Å². The van der Waals surface area contributed by atoms with E-state index < -0.39 is 0 Å². The van der Waals surface area contributed by atoms with Crippen LogP contribution in [0.5, 0.6) is 0 Å². The van der Waals surface area contributed by atoms with Crippen LogP contribution in [0.25, 0.3) is 17.0 Å². The number of hydrogen-bond donors (Lipinski definition) is 1. The summed E-state index contributed by atoms with van der Waals surface area (Å²) in [5.41, 5.74) is 3.66. The Labute approximate surface area is 121 Å². The van der Waals surface area contributed by atoms with Crippen molar-refractivity contribution in [1.29, 1.82) is 0 Å². The van der Waals surface area contributed by atoms with Gasteiger partial charge in [-0.2, -0.15) is 0 Å². The maximum absolute atomic E-state index is 12.2. The van der Waals surface area contributed by atoms with Crippen molar-refractivity contribution in [2.45, 2.75) is 40.0 Å². The number of fused-ring (bicyclic) bond motifs is 1. The molecule has 0 radical (unpaired) electrons. The standard InChI is InChI=1S/C15H18N4O2/c1-5-10-9(4)17-19-14(20)7-11(16-15(10)19)12-6-13(8(2)3)21-18-12/h6-8,17H,5H2,1-4H3. The molecule has 21 heavy (non-hydrogen) atoms. The second-order valence-corrected chi connectivity index (χ2v) is 5.48. The first-order valence-electron chi connectivity index (χ1n) is 7.09. The van der Waals surface area contributed by atoms with Gasteiger partial charge in [-0.25, -0.2) is 9.50 Å². The Bertz CT molecular complexity index is 854. The molecule has 0 aliphatic rings. The Kier molecular flexibility index (Phi) is 3.16. The van der Waals surface area contributed by atoms with E-state index in [0.717, 1.165) is 23.4 Å². The second kappa shape index (κ2) is 4.87. The molecule has 1 N–H and O–H groups in total. The van der Waals surface area contributed by atoms with Crippen LogP contribution in [0.4, 0.5) is 0 Å². The summed E-state index contributed by atoms with van der Waals surface area (Å²) in [5, 5.41) is 7.07. The lowest BCUT2D eigenvalue weighted by Crippen LogP contribution is -2.14. The highest BCUT2D eigenvalue weighted by Crippen LogP contribution is 2.22. The van der Waals surface area contributed by atoms with E-state index in [4.69, 9.17) is 4.52 Å². The van der Waals surface area contributed by atoms with E-state index in [0.29, 0.717) is 17.0 Å². The zero-order chi connectivity index (χ0) is 15.1. The average Bonchev–Trinajstić information content (AvgIpc) is 3.03. The average molecular weight is 286 g/mol. The molecule has 0 bridgehead atoms. The summed E-state index contributed by atoms with van der Waals surface area (Å²) >= 11 is 0. The molecule has 0 unspecified atom stereocenters. The molecule has 0 aliphatic heterocycles. The minimum Gasteiger partial charge on any atom is -0.360 e. The van der Waals surface area contributed by atoms with Crippen molar-refractivity contribution >= 4 is 5.65 Å². The van der Waals surface area contributed by atoms with Crippen LogP contribution in [0.15, 0.2) is 21.5 Å². The number of aromatic nitrogens is 4. The molecular weight excluding hydrogens is 268 g/mol. The summed E-state index contributed by atoms with van der Waals surface area (Å²) in [6.45, 7) is 8.04. The van der Waals surface area contributed by atoms with Crippen LogP contribution in [-0.2, 0) is 6.42 Å². The highest BCUT2D eigenvalue weighted by molar-refractivity contribution is 5.60. The largest absolute Gasteiger partial charge is 0.360 e. The first-order valence-corrected chi connectivity index (χ1v) is 7.09. The van der Waals surface area contributed by atoms with Gasteiger partial charge in [0, 0.05) is 29.3 Å². The normalized spacial score (nSPS) is 11.7. The van der Waals surface area contributed by atoms with Crippen molar-refractivity contribution in [1.82, 2.24) is 19.8 Å². The van der Waals surface area contributed by atoms with Gasteiger partial charge in [0.05, 0.1) is 0 Å². The van der Waals surface area contributed by atoms with Gasteiger partial charge >= 0.3 is 0 Å². The Hall–Kier alpha value is -2.37. The number of nitrogens with zero attached hydrogens (tertiary/aromatic N) is 3. The van der Waals surface area contributed by atoms with Gasteiger partial charge in [-0.05, 0) is 13.3 Å². The summed E-state index contributed by atoms with van der Waals surface area (Å²) in [7, 11) is 0. The predicted octanol–water partition coefficient (Wildman–Crippen LogP) is 2.67. The maximum Gasteiger partial charge on any atom is 0.273 e. The van der Waals surface area contributed by atoms with Crippen LogP contribution in [0, 0.1) is 6.92 Å². The highest BCUT2D eigenvalue weighted by atomic mass is 16.5. The summed E-state index contributed by atoms with van der Waals surface area (Å²) in [6.07, 6.45) is 0.810. The number of aryl methyl sites for hydroxylation is 2. The zero-order valence-electron chi connectivity index (χ0n) is 12.6. The van der Waals surface area contributed by atoms with E-state index in [1.807, 2.05) is 33.8 Å². The lowest BCUT2D eigenvalue weighted by Gasteiger charge is -1.98. The molecular formula is C15H18N4O2. The first-order chi connectivity index (χ1) is 10.0. The molecule has 0 amide bonds. The molecule has 0 aromatic carbocycles. The van der Waals surface area contributed by atoms with Crippen molar-refractivity contribution in [2.75, 3.05) is 0 Å². The van der Waals surface area contributed by atoms with Crippen LogP contribution in [-0.4, -0.2) is 19.8 Å². The van der Waals surface area contributed by atoms with Crippen molar-refractivity contribution in [2.24, 2.45) is 0 Å². The minimum absolute atomic E-state index is 0.146.